The van der Waals surface area contributed by atoms with E-state index in [0.29, 0.717) is 33.9 Å². The molecule has 4 atom stereocenters. The molecule has 8 nitrogen and oxygen atoms in total. The number of benzene rings is 4. The molecule has 0 spiro atoms. The summed E-state index contributed by atoms with van der Waals surface area (Å²) in [4.78, 5) is 42.9. The van der Waals surface area contributed by atoms with E-state index in [1.54, 1.807) is 66.7 Å². The number of ketones is 1. The maximum atomic E-state index is 14.5. The van der Waals surface area contributed by atoms with Gasteiger partial charge < -0.3 is 24.8 Å². The predicted molar refractivity (Wildman–Crippen MR) is 152 cm³/mol. The van der Waals surface area contributed by atoms with Gasteiger partial charge in [0.15, 0.2) is 17.3 Å². The summed E-state index contributed by atoms with van der Waals surface area (Å²) in [5.74, 6) is -3.25. The number of halogens is 1. The predicted octanol–water partition coefficient (Wildman–Crippen LogP) is 6.19. The molecule has 2 N–H and O–H groups in total. The molecule has 2 heterocycles. The number of hydrogen-bond acceptors (Lipinski definition) is 5. The SMILES string of the molecule is Cc1cccc(C(=O)C2C(c3ccc(F)cc3)C(C(=O)O)N(C(=O)Nc3ccccc3)C2c2ccc3c(c2)OCO3)c1. The number of likely N-dealkylation sites (tertiary alicyclic amines) is 1. The van der Waals surface area contributed by atoms with E-state index < -0.39 is 41.7 Å². The number of anilines is 1. The number of ether oxygens (including phenoxy) is 2. The van der Waals surface area contributed by atoms with E-state index in [9.17, 15) is 23.9 Å². The van der Waals surface area contributed by atoms with E-state index in [1.165, 1.54) is 29.2 Å². The number of para-hydroxylation sites is 1. The Morgan fingerprint density at radius 2 is 1.57 bits per heavy atom. The van der Waals surface area contributed by atoms with E-state index in [4.69, 9.17) is 9.47 Å². The van der Waals surface area contributed by atoms with Crippen molar-refractivity contribution in [2.45, 2.75) is 24.9 Å². The molecule has 4 aromatic rings. The number of urea groups is 1. The molecule has 0 aromatic heterocycles. The van der Waals surface area contributed by atoms with Gasteiger partial charge in [-0.1, -0.05) is 60.2 Å². The van der Waals surface area contributed by atoms with Crippen LogP contribution in [0.4, 0.5) is 14.9 Å². The van der Waals surface area contributed by atoms with Gasteiger partial charge in [-0.15, -0.1) is 0 Å². The quantitative estimate of drug-likeness (QED) is 0.270. The Morgan fingerprint density at radius 3 is 2.29 bits per heavy atom. The van der Waals surface area contributed by atoms with E-state index in [0.717, 1.165) is 5.56 Å². The highest BCUT2D eigenvalue weighted by Crippen LogP contribution is 2.52. The first-order valence-corrected chi connectivity index (χ1v) is 13.4. The Hall–Kier alpha value is -5.18. The van der Waals surface area contributed by atoms with Crippen molar-refractivity contribution in [1.82, 2.24) is 4.90 Å². The van der Waals surface area contributed by atoms with Gasteiger partial charge in [0, 0.05) is 17.2 Å². The van der Waals surface area contributed by atoms with Gasteiger partial charge in [-0.2, -0.15) is 0 Å². The van der Waals surface area contributed by atoms with Crippen molar-refractivity contribution in [3.05, 3.63) is 125 Å². The minimum Gasteiger partial charge on any atom is -0.480 e. The van der Waals surface area contributed by atoms with Gasteiger partial charge in [-0.25, -0.2) is 14.0 Å². The monoisotopic (exact) mass is 566 g/mol. The number of hydrogen-bond donors (Lipinski definition) is 2. The molecular formula is C33H27FN2O6. The van der Waals surface area contributed by atoms with Crippen LogP contribution in [0.25, 0.3) is 0 Å². The third-order valence-electron chi connectivity index (χ3n) is 7.78. The number of carbonyl (C=O) groups excluding carboxylic acids is 2. The number of nitrogens with one attached hydrogen (secondary N) is 1. The second-order valence-electron chi connectivity index (χ2n) is 10.4. The first-order chi connectivity index (χ1) is 20.3. The number of aryl methyl sites for hydroxylation is 1. The lowest BCUT2D eigenvalue weighted by atomic mass is 9.76. The summed E-state index contributed by atoms with van der Waals surface area (Å²) >= 11 is 0. The number of rotatable bonds is 6. The molecule has 0 aliphatic carbocycles. The fourth-order valence-electron chi connectivity index (χ4n) is 5.98. The van der Waals surface area contributed by atoms with Crippen LogP contribution in [-0.2, 0) is 4.79 Å². The van der Waals surface area contributed by atoms with Crippen molar-refractivity contribution in [1.29, 1.82) is 0 Å². The van der Waals surface area contributed by atoms with Crippen LogP contribution in [0.3, 0.4) is 0 Å². The molecule has 0 bridgehead atoms. The zero-order valence-electron chi connectivity index (χ0n) is 22.6. The summed E-state index contributed by atoms with van der Waals surface area (Å²) in [6.45, 7) is 1.88. The molecule has 2 amide bonds. The molecule has 0 radical (unpaired) electrons. The summed E-state index contributed by atoms with van der Waals surface area (Å²) < 4.78 is 25.1. The Bertz CT molecular complexity index is 1660. The van der Waals surface area contributed by atoms with Crippen LogP contribution in [0.2, 0.25) is 0 Å². The topological polar surface area (TPSA) is 105 Å². The standard InChI is InChI=1S/C33H27FN2O6/c1-19-6-5-7-22(16-19)31(37)28-27(20-10-13-23(34)14-11-20)30(32(38)39)36(33(40)35-24-8-3-2-4-9-24)29(28)21-12-15-25-26(17-21)42-18-41-25/h2-17,27-30H,18H2,1H3,(H,35,40)(H,38,39). The van der Waals surface area contributed by atoms with Crippen molar-refractivity contribution in [3.8, 4) is 11.5 Å². The summed E-state index contributed by atoms with van der Waals surface area (Å²) in [5, 5.41) is 13.5. The highest BCUT2D eigenvalue weighted by molar-refractivity contribution is 6.02. The lowest BCUT2D eigenvalue weighted by molar-refractivity contribution is -0.142. The van der Waals surface area contributed by atoms with Crippen molar-refractivity contribution >= 4 is 23.5 Å². The maximum absolute atomic E-state index is 14.5. The second kappa shape index (κ2) is 11.0. The Kier molecular flexibility index (Phi) is 7.08. The fraction of sp³-hybridized carbons (Fsp3) is 0.182. The summed E-state index contributed by atoms with van der Waals surface area (Å²) in [6, 6.07) is 23.0. The van der Waals surface area contributed by atoms with Gasteiger partial charge >= 0.3 is 12.0 Å². The molecule has 4 aromatic carbocycles. The van der Waals surface area contributed by atoms with Gasteiger partial charge in [0.2, 0.25) is 6.79 Å². The molecule has 6 rings (SSSR count). The van der Waals surface area contributed by atoms with Crippen molar-refractivity contribution in [2.24, 2.45) is 5.92 Å². The third-order valence-corrected chi connectivity index (χ3v) is 7.78. The van der Waals surface area contributed by atoms with Crippen molar-refractivity contribution in [2.75, 3.05) is 12.1 Å². The van der Waals surface area contributed by atoms with Crippen LogP contribution >= 0.6 is 0 Å². The number of carbonyl (C=O) groups is 3. The number of aliphatic carboxylic acids is 1. The average Bonchev–Trinajstić information content (AvgIpc) is 3.60. The summed E-state index contributed by atoms with van der Waals surface area (Å²) in [6.07, 6.45) is 0. The molecule has 4 unspecified atom stereocenters. The van der Waals surface area contributed by atoms with E-state index in [1.807, 2.05) is 13.0 Å². The molecule has 212 valence electrons. The number of fused-ring (bicyclic) bond motifs is 1. The van der Waals surface area contributed by atoms with Gasteiger partial charge in [0.25, 0.3) is 0 Å². The number of carboxylic acids is 1. The first kappa shape index (κ1) is 27.0. The Balaban J connectivity index is 1.57. The van der Waals surface area contributed by atoms with E-state index in [-0.39, 0.29) is 12.6 Å². The van der Waals surface area contributed by atoms with Crippen LogP contribution in [0.5, 0.6) is 11.5 Å². The van der Waals surface area contributed by atoms with Crippen LogP contribution in [0, 0.1) is 18.7 Å². The van der Waals surface area contributed by atoms with Gasteiger partial charge in [-0.05, 0) is 60.5 Å². The molecule has 2 aliphatic heterocycles. The summed E-state index contributed by atoms with van der Waals surface area (Å²) in [5.41, 5.74) is 2.63. The van der Waals surface area contributed by atoms with Gasteiger partial charge in [-0.3, -0.25) is 4.79 Å². The number of amides is 2. The average molecular weight is 567 g/mol. The van der Waals surface area contributed by atoms with Crippen LogP contribution < -0.4 is 14.8 Å². The van der Waals surface area contributed by atoms with Crippen molar-refractivity contribution in [3.63, 3.8) is 0 Å². The largest absolute Gasteiger partial charge is 0.480 e. The van der Waals surface area contributed by atoms with E-state index >= 15 is 0 Å². The van der Waals surface area contributed by atoms with Crippen LogP contribution in [0.1, 0.15) is 39.0 Å². The molecule has 9 heteroatoms. The smallest absolute Gasteiger partial charge is 0.327 e. The normalized spacial score (nSPS) is 20.8. The highest BCUT2D eigenvalue weighted by Gasteiger charge is 2.58. The molecule has 1 saturated heterocycles. The minimum atomic E-state index is -1.46. The number of Topliss-reactive ketones (excluding diaryl/α,β-unsaturated/α-hetero) is 1. The molecular weight excluding hydrogens is 539 g/mol. The number of nitrogens with zero attached hydrogens (tertiary/aromatic N) is 1. The summed E-state index contributed by atoms with van der Waals surface area (Å²) in [7, 11) is 0. The second-order valence-corrected chi connectivity index (χ2v) is 10.4. The first-order valence-electron chi connectivity index (χ1n) is 13.4. The zero-order valence-corrected chi connectivity index (χ0v) is 22.6. The van der Waals surface area contributed by atoms with Crippen LogP contribution in [0.15, 0.2) is 97.1 Å². The molecule has 1 fully saturated rings. The lowest BCUT2D eigenvalue weighted by Crippen LogP contribution is -2.45. The van der Waals surface area contributed by atoms with E-state index in [2.05, 4.69) is 5.32 Å². The van der Waals surface area contributed by atoms with Gasteiger partial charge in [0.1, 0.15) is 11.9 Å². The third kappa shape index (κ3) is 4.94. The van der Waals surface area contributed by atoms with Crippen LogP contribution in [-0.4, -0.2) is 40.6 Å². The minimum absolute atomic E-state index is 0.0171. The van der Waals surface area contributed by atoms with Gasteiger partial charge in [0.05, 0.1) is 12.0 Å². The molecule has 0 saturated carbocycles. The lowest BCUT2D eigenvalue weighted by Gasteiger charge is -2.30. The highest BCUT2D eigenvalue weighted by atomic mass is 19.1. The molecule has 42 heavy (non-hydrogen) atoms. The Labute approximate surface area is 241 Å². The van der Waals surface area contributed by atoms with Crippen molar-refractivity contribution < 1.29 is 33.4 Å². The number of carboxylic acid groups (broad SMARTS) is 1. The maximum Gasteiger partial charge on any atom is 0.327 e. The molecule has 2 aliphatic rings. The fourth-order valence-corrected chi connectivity index (χ4v) is 5.98. The zero-order chi connectivity index (χ0) is 29.4. The Morgan fingerprint density at radius 1 is 0.857 bits per heavy atom.